The molecule has 0 radical (unpaired) electrons. The van der Waals surface area contributed by atoms with Crippen molar-refractivity contribution >= 4 is 27.7 Å². The zero-order chi connectivity index (χ0) is 13.7. The van der Waals surface area contributed by atoms with Gasteiger partial charge in [-0.3, -0.25) is 0 Å². The summed E-state index contributed by atoms with van der Waals surface area (Å²) in [5.74, 6) is -0.155. The smallest absolute Gasteiger partial charge is 0.128 e. The van der Waals surface area contributed by atoms with E-state index in [1.54, 1.807) is 17.8 Å². The van der Waals surface area contributed by atoms with Crippen LogP contribution in [0.1, 0.15) is 12.5 Å². The first-order valence-corrected chi connectivity index (χ1v) is 7.73. The Balaban J connectivity index is 2.29. The number of rotatable bonds is 5. The molecule has 0 saturated carbocycles. The van der Waals surface area contributed by atoms with Gasteiger partial charge in [0.05, 0.1) is 0 Å². The molecule has 2 aromatic carbocycles. The molecule has 0 bridgehead atoms. The van der Waals surface area contributed by atoms with Crippen molar-refractivity contribution in [2.75, 3.05) is 6.54 Å². The van der Waals surface area contributed by atoms with Crippen LogP contribution in [0.25, 0.3) is 0 Å². The Bertz CT molecular complexity index is 560. The maximum Gasteiger partial charge on any atom is 0.128 e. The van der Waals surface area contributed by atoms with Crippen molar-refractivity contribution in [3.63, 3.8) is 0 Å². The highest BCUT2D eigenvalue weighted by molar-refractivity contribution is 9.10. The molecule has 0 spiro atoms. The molecule has 0 aliphatic carbocycles. The van der Waals surface area contributed by atoms with Gasteiger partial charge in [0, 0.05) is 26.4 Å². The van der Waals surface area contributed by atoms with E-state index in [9.17, 15) is 4.39 Å². The monoisotopic (exact) mass is 339 g/mol. The highest BCUT2D eigenvalue weighted by Crippen LogP contribution is 2.35. The van der Waals surface area contributed by atoms with Gasteiger partial charge in [-0.25, -0.2) is 4.39 Å². The summed E-state index contributed by atoms with van der Waals surface area (Å²) >= 11 is 5.10. The molecule has 0 aliphatic heterocycles. The minimum Gasteiger partial charge on any atom is -0.313 e. The van der Waals surface area contributed by atoms with Crippen LogP contribution in [0, 0.1) is 5.82 Å². The van der Waals surface area contributed by atoms with Crippen molar-refractivity contribution in [1.29, 1.82) is 0 Å². The quantitative estimate of drug-likeness (QED) is 0.835. The van der Waals surface area contributed by atoms with Crippen LogP contribution in [0.2, 0.25) is 0 Å². The lowest BCUT2D eigenvalue weighted by Crippen LogP contribution is -2.13. The second kappa shape index (κ2) is 7.08. The third kappa shape index (κ3) is 3.81. The summed E-state index contributed by atoms with van der Waals surface area (Å²) in [6, 6.07) is 13.2. The lowest BCUT2D eigenvalue weighted by molar-refractivity contribution is 0.586. The second-order valence-corrected chi connectivity index (χ2v) is 5.97. The Hall–Kier alpha value is -0.840. The predicted octanol–water partition coefficient (Wildman–Crippen LogP) is 4.85. The van der Waals surface area contributed by atoms with E-state index in [1.807, 2.05) is 37.3 Å². The SMILES string of the molecule is CCNCc1c(F)cccc1Sc1ccccc1Br. The van der Waals surface area contributed by atoms with Crippen LogP contribution < -0.4 is 5.32 Å². The van der Waals surface area contributed by atoms with Crippen LogP contribution in [0.15, 0.2) is 56.7 Å². The van der Waals surface area contributed by atoms with E-state index in [4.69, 9.17) is 0 Å². The van der Waals surface area contributed by atoms with E-state index in [0.717, 1.165) is 26.4 Å². The normalized spacial score (nSPS) is 10.7. The molecule has 2 aromatic rings. The Labute approximate surface area is 125 Å². The number of benzene rings is 2. The van der Waals surface area contributed by atoms with Gasteiger partial charge in [-0.1, -0.05) is 36.9 Å². The van der Waals surface area contributed by atoms with E-state index in [0.29, 0.717) is 6.54 Å². The second-order valence-electron chi connectivity index (χ2n) is 4.03. The van der Waals surface area contributed by atoms with Crippen LogP contribution in [0.4, 0.5) is 4.39 Å². The van der Waals surface area contributed by atoms with Crippen molar-refractivity contribution in [2.24, 2.45) is 0 Å². The first-order valence-electron chi connectivity index (χ1n) is 6.13. The average Bonchev–Trinajstić information content (AvgIpc) is 2.41. The van der Waals surface area contributed by atoms with E-state index in [2.05, 4.69) is 21.2 Å². The minimum absolute atomic E-state index is 0.155. The van der Waals surface area contributed by atoms with Crippen LogP contribution in [0.5, 0.6) is 0 Å². The molecule has 100 valence electrons. The van der Waals surface area contributed by atoms with E-state index >= 15 is 0 Å². The van der Waals surface area contributed by atoms with Gasteiger partial charge in [0.15, 0.2) is 0 Å². The molecule has 19 heavy (non-hydrogen) atoms. The predicted molar refractivity (Wildman–Crippen MR) is 82.0 cm³/mol. The van der Waals surface area contributed by atoms with E-state index in [1.165, 1.54) is 6.07 Å². The number of halogens is 2. The fourth-order valence-electron chi connectivity index (χ4n) is 1.70. The molecule has 0 heterocycles. The van der Waals surface area contributed by atoms with Crippen molar-refractivity contribution in [2.45, 2.75) is 23.3 Å². The summed E-state index contributed by atoms with van der Waals surface area (Å²) in [6.45, 7) is 3.39. The number of nitrogens with one attached hydrogen (secondary N) is 1. The molecule has 0 aromatic heterocycles. The van der Waals surface area contributed by atoms with Gasteiger partial charge >= 0.3 is 0 Å². The van der Waals surface area contributed by atoms with Crippen molar-refractivity contribution in [1.82, 2.24) is 5.32 Å². The number of hydrogen-bond donors (Lipinski definition) is 1. The lowest BCUT2D eigenvalue weighted by Gasteiger charge is -2.11. The Morgan fingerprint density at radius 3 is 2.58 bits per heavy atom. The van der Waals surface area contributed by atoms with Gasteiger partial charge < -0.3 is 5.32 Å². The molecular weight excluding hydrogens is 325 g/mol. The summed E-state index contributed by atoms with van der Waals surface area (Å²) in [5.41, 5.74) is 0.727. The largest absolute Gasteiger partial charge is 0.313 e. The lowest BCUT2D eigenvalue weighted by atomic mass is 10.2. The Kier molecular flexibility index (Phi) is 5.43. The molecule has 1 nitrogen and oxygen atoms in total. The van der Waals surface area contributed by atoms with Crippen LogP contribution in [-0.4, -0.2) is 6.54 Å². The van der Waals surface area contributed by atoms with E-state index < -0.39 is 0 Å². The third-order valence-electron chi connectivity index (χ3n) is 2.68. The molecule has 0 unspecified atom stereocenters. The summed E-state index contributed by atoms with van der Waals surface area (Å²) in [6.07, 6.45) is 0. The standard InChI is InChI=1S/C15H15BrFNS/c1-2-18-10-11-13(17)7-5-9-14(11)19-15-8-4-3-6-12(15)16/h3-9,18H,2,10H2,1H3. The van der Waals surface area contributed by atoms with Gasteiger partial charge in [-0.15, -0.1) is 0 Å². The van der Waals surface area contributed by atoms with Crippen LogP contribution in [-0.2, 0) is 6.54 Å². The maximum absolute atomic E-state index is 13.9. The van der Waals surface area contributed by atoms with Crippen LogP contribution >= 0.6 is 27.7 Å². The van der Waals surface area contributed by atoms with Gasteiger partial charge in [0.2, 0.25) is 0 Å². The fourth-order valence-corrected chi connectivity index (χ4v) is 3.22. The summed E-state index contributed by atoms with van der Waals surface area (Å²) in [5, 5.41) is 3.18. The summed E-state index contributed by atoms with van der Waals surface area (Å²) in [7, 11) is 0. The Morgan fingerprint density at radius 1 is 1.11 bits per heavy atom. The molecule has 2 rings (SSSR count). The highest BCUT2D eigenvalue weighted by Gasteiger charge is 2.10. The molecule has 0 atom stereocenters. The zero-order valence-corrected chi connectivity index (χ0v) is 13.0. The molecule has 4 heteroatoms. The van der Waals surface area contributed by atoms with E-state index in [-0.39, 0.29) is 5.82 Å². The molecule has 0 amide bonds. The maximum atomic E-state index is 13.9. The first-order chi connectivity index (χ1) is 9.22. The molecule has 0 saturated heterocycles. The van der Waals surface area contributed by atoms with Crippen LogP contribution in [0.3, 0.4) is 0 Å². The molecule has 0 fully saturated rings. The fraction of sp³-hybridized carbons (Fsp3) is 0.200. The van der Waals surface area contributed by atoms with Crippen molar-refractivity contribution in [3.8, 4) is 0 Å². The van der Waals surface area contributed by atoms with Crippen molar-refractivity contribution < 1.29 is 4.39 Å². The average molecular weight is 340 g/mol. The van der Waals surface area contributed by atoms with Crippen molar-refractivity contribution in [3.05, 3.63) is 58.3 Å². The molecular formula is C15H15BrFNS. The molecule has 0 aliphatic rings. The van der Waals surface area contributed by atoms with Gasteiger partial charge in [0.1, 0.15) is 5.82 Å². The van der Waals surface area contributed by atoms with Gasteiger partial charge in [-0.2, -0.15) is 0 Å². The summed E-state index contributed by atoms with van der Waals surface area (Å²) < 4.78 is 14.9. The van der Waals surface area contributed by atoms with Gasteiger partial charge in [0.25, 0.3) is 0 Å². The Morgan fingerprint density at radius 2 is 1.84 bits per heavy atom. The van der Waals surface area contributed by atoms with Gasteiger partial charge in [-0.05, 0) is 46.7 Å². The zero-order valence-electron chi connectivity index (χ0n) is 10.6. The number of hydrogen-bond acceptors (Lipinski definition) is 2. The minimum atomic E-state index is -0.155. The topological polar surface area (TPSA) is 12.0 Å². The summed E-state index contributed by atoms with van der Waals surface area (Å²) in [4.78, 5) is 2.04. The molecule has 1 N–H and O–H groups in total. The highest BCUT2D eigenvalue weighted by atomic mass is 79.9. The third-order valence-corrected chi connectivity index (χ3v) is 4.82. The first kappa shape index (κ1) is 14.6.